The number of urea groups is 2. The van der Waals surface area contributed by atoms with Crippen molar-refractivity contribution in [3.8, 4) is 0 Å². The van der Waals surface area contributed by atoms with Gasteiger partial charge in [-0.2, -0.15) is 0 Å². The van der Waals surface area contributed by atoms with Crippen molar-refractivity contribution in [3.63, 3.8) is 0 Å². The van der Waals surface area contributed by atoms with Crippen LogP contribution in [0.2, 0.25) is 0 Å². The van der Waals surface area contributed by atoms with Crippen LogP contribution in [0.25, 0.3) is 0 Å². The van der Waals surface area contributed by atoms with E-state index < -0.39 is 32.1 Å². The molecule has 0 heterocycles. The molecule has 0 aliphatic rings. The summed E-state index contributed by atoms with van der Waals surface area (Å²) in [6.07, 6.45) is 0.246. The predicted molar refractivity (Wildman–Crippen MR) is 114 cm³/mol. The summed E-state index contributed by atoms with van der Waals surface area (Å²) < 4.78 is 52.2. The van der Waals surface area contributed by atoms with Crippen molar-refractivity contribution in [3.05, 3.63) is 59.7 Å². The molecular weight excluding hydrogens is 444 g/mol. The molecule has 0 spiro atoms. The van der Waals surface area contributed by atoms with Crippen LogP contribution in [0.1, 0.15) is 17.5 Å². The minimum atomic E-state index is -3.99. The van der Waals surface area contributed by atoms with Gasteiger partial charge in [-0.05, 0) is 44.5 Å². The van der Waals surface area contributed by atoms with E-state index in [9.17, 15) is 26.4 Å². The summed E-state index contributed by atoms with van der Waals surface area (Å²) >= 11 is 0. The third-order valence-corrected chi connectivity index (χ3v) is 6.74. The lowest BCUT2D eigenvalue weighted by Gasteiger charge is -2.10. The first-order chi connectivity index (χ1) is 14.5. The Morgan fingerprint density at radius 1 is 0.645 bits per heavy atom. The van der Waals surface area contributed by atoms with Crippen LogP contribution < -0.4 is 20.1 Å². The molecule has 4 amide bonds. The smallest absolute Gasteiger partial charge is 0.328 e. The van der Waals surface area contributed by atoms with Gasteiger partial charge in [0, 0.05) is 13.1 Å². The summed E-state index contributed by atoms with van der Waals surface area (Å²) in [4.78, 5) is 23.5. The van der Waals surface area contributed by atoms with Crippen LogP contribution in [-0.2, 0) is 20.0 Å². The van der Waals surface area contributed by atoms with Crippen molar-refractivity contribution >= 4 is 32.1 Å². The van der Waals surface area contributed by atoms with Gasteiger partial charge in [0.25, 0.3) is 20.0 Å². The highest BCUT2D eigenvalue weighted by Crippen LogP contribution is 2.10. The lowest BCUT2D eigenvalue weighted by Crippen LogP contribution is -2.42. The van der Waals surface area contributed by atoms with E-state index in [1.54, 1.807) is 24.3 Å². The first-order valence-corrected chi connectivity index (χ1v) is 12.2. The largest absolute Gasteiger partial charge is 0.337 e. The monoisotopic (exact) mass is 468 g/mol. The molecule has 2 aromatic carbocycles. The standard InChI is InChI=1S/C19H24N4O6S2/c1-14-4-8-16(9-5-14)30(26,27)22-18(24)20-12-3-13-21-19(25)23-31(28,29)17-10-6-15(2)7-11-17/h4-11H,3,12-13H2,1-2H3,(H2,20,22,24)(H2,21,23,25). The molecule has 4 N–H and O–H groups in total. The Bertz CT molecular complexity index is 1040. The summed E-state index contributed by atoms with van der Waals surface area (Å²) in [7, 11) is -7.98. The molecule has 0 aliphatic carbocycles. The number of sulfonamides is 2. The molecule has 12 heteroatoms. The average Bonchev–Trinajstić information content (AvgIpc) is 2.67. The maximum absolute atomic E-state index is 12.1. The van der Waals surface area contributed by atoms with Crippen LogP contribution in [0.3, 0.4) is 0 Å². The van der Waals surface area contributed by atoms with Gasteiger partial charge in [0.15, 0.2) is 0 Å². The van der Waals surface area contributed by atoms with E-state index in [-0.39, 0.29) is 29.3 Å². The second-order valence-electron chi connectivity index (χ2n) is 6.70. The van der Waals surface area contributed by atoms with Crippen LogP contribution in [0.15, 0.2) is 58.3 Å². The minimum Gasteiger partial charge on any atom is -0.337 e. The number of amides is 4. The first-order valence-electron chi connectivity index (χ1n) is 9.24. The van der Waals surface area contributed by atoms with Crippen molar-refractivity contribution < 1.29 is 26.4 Å². The molecule has 0 bridgehead atoms. The molecule has 31 heavy (non-hydrogen) atoms. The molecule has 2 rings (SSSR count). The highest BCUT2D eigenvalue weighted by Gasteiger charge is 2.18. The Balaban J connectivity index is 1.71. The van der Waals surface area contributed by atoms with Crippen LogP contribution in [0, 0.1) is 13.8 Å². The van der Waals surface area contributed by atoms with Gasteiger partial charge >= 0.3 is 12.1 Å². The summed E-state index contributed by atoms with van der Waals surface area (Å²) in [5.41, 5.74) is 1.76. The topological polar surface area (TPSA) is 151 Å². The zero-order chi connectivity index (χ0) is 23.1. The fourth-order valence-electron chi connectivity index (χ4n) is 2.36. The molecule has 2 aromatic rings. The summed E-state index contributed by atoms with van der Waals surface area (Å²) in [6.45, 7) is 3.73. The number of rotatable bonds is 8. The van der Waals surface area contributed by atoms with Crippen molar-refractivity contribution in [1.29, 1.82) is 0 Å². The number of carbonyl (C=O) groups excluding carboxylic acids is 2. The van der Waals surface area contributed by atoms with E-state index in [1.165, 1.54) is 24.3 Å². The molecule has 0 aliphatic heterocycles. The SMILES string of the molecule is Cc1ccc(S(=O)(=O)NC(=O)NCCCNC(=O)NS(=O)(=O)c2ccc(C)cc2)cc1. The van der Waals surface area contributed by atoms with Crippen LogP contribution in [0.5, 0.6) is 0 Å². The fraction of sp³-hybridized carbons (Fsp3) is 0.263. The quantitative estimate of drug-likeness (QED) is 0.430. The minimum absolute atomic E-state index is 0.0404. The summed E-state index contributed by atoms with van der Waals surface area (Å²) in [5, 5.41) is 4.71. The predicted octanol–water partition coefficient (Wildman–Crippen LogP) is 1.37. The van der Waals surface area contributed by atoms with Crippen LogP contribution in [0.4, 0.5) is 9.59 Å². The Labute approximate surface area is 181 Å². The van der Waals surface area contributed by atoms with E-state index in [4.69, 9.17) is 0 Å². The number of hydrogen-bond donors (Lipinski definition) is 4. The number of nitrogens with one attached hydrogen (secondary N) is 4. The molecule has 168 valence electrons. The molecule has 0 unspecified atom stereocenters. The number of carbonyl (C=O) groups is 2. The highest BCUT2D eigenvalue weighted by atomic mass is 32.2. The van der Waals surface area contributed by atoms with Gasteiger partial charge in [-0.25, -0.2) is 35.9 Å². The average molecular weight is 469 g/mol. The maximum atomic E-state index is 12.1. The molecule has 0 saturated carbocycles. The lowest BCUT2D eigenvalue weighted by molar-refractivity contribution is 0.244. The van der Waals surface area contributed by atoms with Gasteiger partial charge in [-0.1, -0.05) is 35.4 Å². The second kappa shape index (κ2) is 10.3. The van der Waals surface area contributed by atoms with Gasteiger partial charge in [0.1, 0.15) is 0 Å². The third-order valence-electron chi connectivity index (χ3n) is 4.04. The third kappa shape index (κ3) is 7.57. The molecular formula is C19H24N4O6S2. The van der Waals surface area contributed by atoms with Crippen molar-refractivity contribution in [2.75, 3.05) is 13.1 Å². The second-order valence-corrected chi connectivity index (χ2v) is 10.1. The number of hydrogen-bond acceptors (Lipinski definition) is 6. The number of benzene rings is 2. The highest BCUT2D eigenvalue weighted by molar-refractivity contribution is 7.90. The Morgan fingerprint density at radius 3 is 1.29 bits per heavy atom. The van der Waals surface area contributed by atoms with Gasteiger partial charge in [-0.3, -0.25) is 0 Å². The molecule has 0 atom stereocenters. The van der Waals surface area contributed by atoms with Crippen molar-refractivity contribution in [2.24, 2.45) is 0 Å². The molecule has 0 aromatic heterocycles. The lowest BCUT2D eigenvalue weighted by atomic mass is 10.2. The fourth-order valence-corrected chi connectivity index (χ4v) is 4.22. The van der Waals surface area contributed by atoms with Crippen LogP contribution in [-0.4, -0.2) is 42.0 Å². The summed E-state index contributed by atoms with van der Waals surface area (Å²) in [6, 6.07) is 10.2. The van der Waals surface area contributed by atoms with Crippen molar-refractivity contribution in [2.45, 2.75) is 30.1 Å². The summed E-state index contributed by atoms with van der Waals surface area (Å²) in [5.74, 6) is 0. The van der Waals surface area contributed by atoms with Gasteiger partial charge in [0.2, 0.25) is 0 Å². The van der Waals surface area contributed by atoms with E-state index >= 15 is 0 Å². The van der Waals surface area contributed by atoms with E-state index in [0.29, 0.717) is 0 Å². The Kier molecular flexibility index (Phi) is 8.00. The molecule has 0 radical (unpaired) electrons. The Morgan fingerprint density at radius 2 is 0.968 bits per heavy atom. The van der Waals surface area contributed by atoms with E-state index in [1.807, 2.05) is 23.3 Å². The number of aryl methyl sites for hydroxylation is 2. The zero-order valence-corrected chi connectivity index (χ0v) is 18.6. The van der Waals surface area contributed by atoms with Gasteiger partial charge in [0.05, 0.1) is 9.79 Å². The molecule has 0 saturated heterocycles. The molecule has 0 fully saturated rings. The Hall–Kier alpha value is -3.12. The van der Waals surface area contributed by atoms with E-state index in [0.717, 1.165) is 11.1 Å². The van der Waals surface area contributed by atoms with Crippen molar-refractivity contribution in [1.82, 2.24) is 20.1 Å². The van der Waals surface area contributed by atoms with E-state index in [2.05, 4.69) is 10.6 Å². The zero-order valence-electron chi connectivity index (χ0n) is 17.0. The normalized spacial score (nSPS) is 11.4. The molecule has 10 nitrogen and oxygen atoms in total. The maximum Gasteiger partial charge on any atom is 0.328 e. The van der Waals surface area contributed by atoms with Gasteiger partial charge < -0.3 is 10.6 Å². The first kappa shape index (κ1) is 24.2. The van der Waals surface area contributed by atoms with Crippen LogP contribution >= 0.6 is 0 Å². The van der Waals surface area contributed by atoms with Gasteiger partial charge in [-0.15, -0.1) is 0 Å².